The molecule has 100 valence electrons. The highest BCUT2D eigenvalue weighted by Gasteiger charge is 2.25. The summed E-state index contributed by atoms with van der Waals surface area (Å²) >= 11 is 5.99. The summed E-state index contributed by atoms with van der Waals surface area (Å²) in [7, 11) is 0. The van der Waals surface area contributed by atoms with Crippen molar-refractivity contribution in [2.75, 3.05) is 31.3 Å². The van der Waals surface area contributed by atoms with Crippen LogP contribution in [0.25, 0.3) is 10.9 Å². The van der Waals surface area contributed by atoms with Crippen molar-refractivity contribution in [1.29, 1.82) is 0 Å². The lowest BCUT2D eigenvalue weighted by atomic mass is 10.2. The number of aliphatic hydroxyl groups excluding tert-OH is 1. The predicted octanol–water partition coefficient (Wildman–Crippen LogP) is 1.48. The minimum absolute atomic E-state index is 0.0238. The average molecular weight is 280 g/mol. The fraction of sp³-hybridized carbons (Fsp3) is 0.385. The lowest BCUT2D eigenvalue weighted by Crippen LogP contribution is -2.48. The van der Waals surface area contributed by atoms with Crippen molar-refractivity contribution in [2.24, 2.45) is 0 Å². The van der Waals surface area contributed by atoms with Gasteiger partial charge in [-0.2, -0.15) is 4.98 Å². The summed E-state index contributed by atoms with van der Waals surface area (Å²) in [6.45, 7) is 1.82. The lowest BCUT2D eigenvalue weighted by Gasteiger charge is -2.35. The van der Waals surface area contributed by atoms with Crippen molar-refractivity contribution in [2.45, 2.75) is 6.04 Å². The van der Waals surface area contributed by atoms with E-state index in [4.69, 9.17) is 16.3 Å². The van der Waals surface area contributed by atoms with Gasteiger partial charge in [0.25, 0.3) is 0 Å². The first-order valence-corrected chi connectivity index (χ1v) is 6.55. The van der Waals surface area contributed by atoms with Crippen molar-refractivity contribution < 1.29 is 9.84 Å². The number of hydrogen-bond donors (Lipinski definition) is 1. The van der Waals surface area contributed by atoms with Crippen LogP contribution in [-0.2, 0) is 4.74 Å². The van der Waals surface area contributed by atoms with Gasteiger partial charge in [-0.25, -0.2) is 4.98 Å². The Morgan fingerprint density at radius 3 is 3.05 bits per heavy atom. The number of aliphatic hydroxyl groups is 1. The maximum Gasteiger partial charge on any atom is 0.224 e. The third-order valence-corrected chi connectivity index (χ3v) is 3.44. The highest BCUT2D eigenvalue weighted by molar-refractivity contribution is 6.28. The number of hydrogen-bond acceptors (Lipinski definition) is 5. The van der Waals surface area contributed by atoms with Crippen LogP contribution in [0.4, 0.5) is 5.82 Å². The van der Waals surface area contributed by atoms with E-state index in [0.717, 1.165) is 16.7 Å². The minimum atomic E-state index is -0.0943. The Kier molecular flexibility index (Phi) is 3.50. The lowest BCUT2D eigenvalue weighted by molar-refractivity contribution is 0.0724. The van der Waals surface area contributed by atoms with E-state index in [9.17, 15) is 5.11 Å². The van der Waals surface area contributed by atoms with E-state index in [0.29, 0.717) is 19.8 Å². The Morgan fingerprint density at radius 2 is 2.21 bits per heavy atom. The Morgan fingerprint density at radius 1 is 1.37 bits per heavy atom. The van der Waals surface area contributed by atoms with Crippen LogP contribution in [0.2, 0.25) is 5.28 Å². The summed E-state index contributed by atoms with van der Waals surface area (Å²) in [4.78, 5) is 10.6. The number of aromatic nitrogens is 2. The van der Waals surface area contributed by atoms with Crippen molar-refractivity contribution in [3.8, 4) is 0 Å². The monoisotopic (exact) mass is 279 g/mol. The highest BCUT2D eigenvalue weighted by Crippen LogP contribution is 2.27. The van der Waals surface area contributed by atoms with Gasteiger partial charge < -0.3 is 14.7 Å². The Hall–Kier alpha value is -1.43. The SMILES string of the molecule is OCC1COCCN1c1nc(Cl)nc2ccccc12. The highest BCUT2D eigenvalue weighted by atomic mass is 35.5. The summed E-state index contributed by atoms with van der Waals surface area (Å²) in [5.41, 5.74) is 0.806. The quantitative estimate of drug-likeness (QED) is 0.844. The molecule has 1 saturated heterocycles. The molecule has 2 aromatic rings. The Bertz CT molecular complexity index is 593. The van der Waals surface area contributed by atoms with E-state index < -0.39 is 0 Å². The maximum absolute atomic E-state index is 9.47. The summed E-state index contributed by atoms with van der Waals surface area (Å²) < 4.78 is 5.39. The second kappa shape index (κ2) is 5.28. The molecule has 0 radical (unpaired) electrons. The van der Waals surface area contributed by atoms with Crippen LogP contribution in [0, 0.1) is 0 Å². The number of benzene rings is 1. The van der Waals surface area contributed by atoms with Gasteiger partial charge in [0.15, 0.2) is 0 Å². The number of fused-ring (bicyclic) bond motifs is 1. The van der Waals surface area contributed by atoms with E-state index in [2.05, 4.69) is 9.97 Å². The van der Waals surface area contributed by atoms with Crippen LogP contribution in [0.3, 0.4) is 0 Å². The third-order valence-electron chi connectivity index (χ3n) is 3.27. The van der Waals surface area contributed by atoms with Gasteiger partial charge in [0.2, 0.25) is 5.28 Å². The Balaban J connectivity index is 2.12. The molecular weight excluding hydrogens is 266 g/mol. The van der Waals surface area contributed by atoms with Gasteiger partial charge in [-0.05, 0) is 23.7 Å². The van der Waals surface area contributed by atoms with E-state index in [-0.39, 0.29) is 17.9 Å². The number of morpholine rings is 1. The topological polar surface area (TPSA) is 58.5 Å². The molecule has 1 aliphatic heterocycles. The smallest absolute Gasteiger partial charge is 0.224 e. The first-order valence-electron chi connectivity index (χ1n) is 6.17. The van der Waals surface area contributed by atoms with Gasteiger partial charge in [-0.15, -0.1) is 0 Å². The number of para-hydroxylation sites is 1. The van der Waals surface area contributed by atoms with E-state index in [1.807, 2.05) is 29.2 Å². The number of ether oxygens (including phenoxy) is 1. The zero-order chi connectivity index (χ0) is 13.2. The molecule has 2 heterocycles. The van der Waals surface area contributed by atoms with E-state index >= 15 is 0 Å². The molecule has 3 rings (SSSR count). The van der Waals surface area contributed by atoms with Gasteiger partial charge in [-0.3, -0.25) is 0 Å². The van der Waals surface area contributed by atoms with Crippen LogP contribution in [0.5, 0.6) is 0 Å². The summed E-state index contributed by atoms with van der Waals surface area (Å²) in [6, 6.07) is 7.63. The predicted molar refractivity (Wildman–Crippen MR) is 73.6 cm³/mol. The van der Waals surface area contributed by atoms with E-state index in [1.165, 1.54) is 0 Å². The maximum atomic E-state index is 9.47. The molecule has 1 atom stereocenters. The molecule has 1 aromatic heterocycles. The number of anilines is 1. The van der Waals surface area contributed by atoms with Crippen LogP contribution < -0.4 is 4.90 Å². The largest absolute Gasteiger partial charge is 0.394 e. The second-order valence-corrected chi connectivity index (χ2v) is 4.78. The van der Waals surface area contributed by atoms with Crippen molar-refractivity contribution in [3.63, 3.8) is 0 Å². The molecular formula is C13H14ClN3O2. The van der Waals surface area contributed by atoms with Crippen molar-refractivity contribution >= 4 is 28.3 Å². The summed E-state index contributed by atoms with van der Waals surface area (Å²) in [6.07, 6.45) is 0. The fourth-order valence-electron chi connectivity index (χ4n) is 2.34. The summed E-state index contributed by atoms with van der Waals surface area (Å²) in [5.74, 6) is 0.762. The number of halogens is 1. The third kappa shape index (κ3) is 2.36. The molecule has 0 amide bonds. The van der Waals surface area contributed by atoms with Crippen LogP contribution in [0.15, 0.2) is 24.3 Å². The molecule has 1 N–H and O–H groups in total. The molecule has 5 nitrogen and oxygen atoms in total. The molecule has 0 spiro atoms. The zero-order valence-electron chi connectivity index (χ0n) is 10.3. The molecule has 19 heavy (non-hydrogen) atoms. The molecule has 1 aliphatic rings. The average Bonchev–Trinajstić information content (AvgIpc) is 2.46. The second-order valence-electron chi connectivity index (χ2n) is 4.44. The van der Waals surface area contributed by atoms with Gasteiger partial charge in [0.1, 0.15) is 5.82 Å². The molecule has 1 unspecified atom stereocenters. The summed E-state index contributed by atoms with van der Waals surface area (Å²) in [5, 5.41) is 10.6. The first-order chi connectivity index (χ1) is 9.29. The van der Waals surface area contributed by atoms with Crippen LogP contribution >= 0.6 is 11.6 Å². The van der Waals surface area contributed by atoms with Crippen molar-refractivity contribution in [1.82, 2.24) is 9.97 Å². The van der Waals surface area contributed by atoms with Gasteiger partial charge in [0.05, 0.1) is 31.4 Å². The normalized spacial score (nSPS) is 19.9. The standard InChI is InChI=1S/C13H14ClN3O2/c14-13-15-11-4-2-1-3-10(11)12(16-13)17-5-6-19-8-9(17)7-18/h1-4,9,18H,5-8H2. The van der Waals surface area contributed by atoms with Gasteiger partial charge in [0, 0.05) is 11.9 Å². The molecule has 0 aliphatic carbocycles. The first kappa shape index (κ1) is 12.6. The zero-order valence-corrected chi connectivity index (χ0v) is 11.0. The molecule has 1 aromatic carbocycles. The van der Waals surface area contributed by atoms with Gasteiger partial charge >= 0.3 is 0 Å². The number of rotatable bonds is 2. The molecule has 6 heteroatoms. The van der Waals surface area contributed by atoms with Crippen molar-refractivity contribution in [3.05, 3.63) is 29.5 Å². The van der Waals surface area contributed by atoms with Gasteiger partial charge in [-0.1, -0.05) is 12.1 Å². The van der Waals surface area contributed by atoms with Crippen LogP contribution in [-0.4, -0.2) is 47.5 Å². The molecule has 0 saturated carbocycles. The molecule has 0 bridgehead atoms. The van der Waals surface area contributed by atoms with E-state index in [1.54, 1.807) is 0 Å². The van der Waals surface area contributed by atoms with Crippen LogP contribution in [0.1, 0.15) is 0 Å². The molecule has 1 fully saturated rings. The number of nitrogens with zero attached hydrogens (tertiary/aromatic N) is 3. The fourth-order valence-corrected chi connectivity index (χ4v) is 2.51. The minimum Gasteiger partial charge on any atom is -0.394 e. The Labute approximate surface area is 115 Å².